The van der Waals surface area contributed by atoms with Crippen molar-refractivity contribution in [1.82, 2.24) is 0 Å². The van der Waals surface area contributed by atoms with E-state index in [0.717, 1.165) is 0 Å². The van der Waals surface area contributed by atoms with Crippen molar-refractivity contribution >= 4 is 11.9 Å². The topological polar surface area (TPSA) is 95.7 Å². The molecule has 7 heteroatoms. The van der Waals surface area contributed by atoms with Crippen molar-refractivity contribution in [1.29, 1.82) is 0 Å². The van der Waals surface area contributed by atoms with Crippen molar-refractivity contribution in [2.75, 3.05) is 0 Å². The monoisotopic (exact) mass is 315 g/mol. The molecule has 2 aromatic carbocycles. The van der Waals surface area contributed by atoms with Gasteiger partial charge in [0.15, 0.2) is 0 Å². The van der Waals surface area contributed by atoms with E-state index in [1.807, 2.05) is 0 Å². The average Bonchev–Trinajstić information content (AvgIpc) is 2.46. The Hall–Kier alpha value is -3.22. The number of para-hydroxylation sites is 1. The van der Waals surface area contributed by atoms with E-state index < -0.39 is 16.9 Å². The quantitative estimate of drug-likeness (QED) is 0.364. The maximum absolute atomic E-state index is 12.2. The number of carbonyl (C=O) groups is 2. The summed E-state index contributed by atoms with van der Waals surface area (Å²) < 4.78 is 10.1. The Bertz CT molecular complexity index is 756. The van der Waals surface area contributed by atoms with Crippen molar-refractivity contribution in [2.24, 2.45) is 0 Å². The summed E-state index contributed by atoms with van der Waals surface area (Å²) in [6, 6.07) is 12.2. The van der Waals surface area contributed by atoms with E-state index in [2.05, 4.69) is 0 Å². The zero-order valence-corrected chi connectivity index (χ0v) is 12.2. The highest BCUT2D eigenvalue weighted by atomic mass is 16.6. The second-order valence-electron chi connectivity index (χ2n) is 4.62. The third kappa shape index (κ3) is 4.63. The Kier molecular flexibility index (Phi) is 5.03. The van der Waals surface area contributed by atoms with Crippen molar-refractivity contribution in [3.63, 3.8) is 0 Å². The first-order valence-electron chi connectivity index (χ1n) is 6.66. The summed E-state index contributed by atoms with van der Waals surface area (Å²) in [4.78, 5) is 33.3. The maximum atomic E-state index is 12.2. The van der Waals surface area contributed by atoms with Gasteiger partial charge in [-0.15, -0.1) is 0 Å². The number of esters is 2. The van der Waals surface area contributed by atoms with Crippen LogP contribution in [0.25, 0.3) is 0 Å². The molecule has 118 valence electrons. The smallest absolute Gasteiger partial charge is 0.347 e. The number of ether oxygens (including phenoxy) is 2. The average molecular weight is 315 g/mol. The highest BCUT2D eigenvalue weighted by Crippen LogP contribution is 2.21. The molecule has 0 unspecified atom stereocenters. The zero-order chi connectivity index (χ0) is 16.8. The summed E-state index contributed by atoms with van der Waals surface area (Å²) in [5.41, 5.74) is 0.496. The van der Waals surface area contributed by atoms with Crippen molar-refractivity contribution in [3.8, 4) is 11.5 Å². The molecular formula is C16H13NO6. The van der Waals surface area contributed by atoms with Crippen LogP contribution in [-0.4, -0.2) is 16.9 Å². The van der Waals surface area contributed by atoms with Crippen LogP contribution >= 0.6 is 0 Å². The number of nitrogens with zero attached hydrogens (tertiary/aromatic N) is 1. The molecule has 0 aliphatic rings. The number of benzene rings is 2. The lowest BCUT2D eigenvalue weighted by molar-refractivity contribution is -0.496. The van der Waals surface area contributed by atoms with Gasteiger partial charge in [0.25, 0.3) is 0 Å². The molecule has 0 radical (unpaired) electrons. The predicted molar refractivity (Wildman–Crippen MR) is 79.8 cm³/mol. The second-order valence-corrected chi connectivity index (χ2v) is 4.62. The fourth-order valence-corrected chi connectivity index (χ4v) is 1.90. The Balaban J connectivity index is 2.19. The van der Waals surface area contributed by atoms with Crippen LogP contribution < -0.4 is 9.47 Å². The SMILES string of the molecule is CC(=O)Oc1ccccc1C(=O)Oc1cccc(C[N+](=O)[O-])c1. The van der Waals surface area contributed by atoms with Gasteiger partial charge in [0.1, 0.15) is 17.1 Å². The number of hydrogen-bond acceptors (Lipinski definition) is 6. The van der Waals surface area contributed by atoms with E-state index in [9.17, 15) is 19.7 Å². The minimum atomic E-state index is -0.722. The molecule has 0 bridgehead atoms. The number of nitro groups is 1. The van der Waals surface area contributed by atoms with E-state index in [4.69, 9.17) is 9.47 Å². The van der Waals surface area contributed by atoms with Gasteiger partial charge >= 0.3 is 11.9 Å². The third-order valence-electron chi connectivity index (χ3n) is 2.78. The zero-order valence-electron chi connectivity index (χ0n) is 12.2. The molecule has 0 atom stereocenters. The molecule has 7 nitrogen and oxygen atoms in total. The Morgan fingerprint density at radius 3 is 2.52 bits per heavy atom. The maximum Gasteiger partial charge on any atom is 0.347 e. The van der Waals surface area contributed by atoms with Crippen molar-refractivity contribution < 1.29 is 24.0 Å². The molecule has 0 N–H and O–H groups in total. The van der Waals surface area contributed by atoms with E-state index >= 15 is 0 Å². The largest absolute Gasteiger partial charge is 0.426 e. The van der Waals surface area contributed by atoms with Gasteiger partial charge in [0.05, 0.1) is 0 Å². The molecule has 0 saturated carbocycles. The highest BCUT2D eigenvalue weighted by molar-refractivity contribution is 5.94. The van der Waals surface area contributed by atoms with Gasteiger partial charge < -0.3 is 9.47 Å². The van der Waals surface area contributed by atoms with Crippen LogP contribution in [0.4, 0.5) is 0 Å². The molecule has 0 heterocycles. The number of carbonyl (C=O) groups excluding carboxylic acids is 2. The van der Waals surface area contributed by atoms with Gasteiger partial charge in [-0.2, -0.15) is 0 Å². The fraction of sp³-hybridized carbons (Fsp3) is 0.125. The summed E-state index contributed by atoms with van der Waals surface area (Å²) in [6.45, 7) is 0.860. The van der Waals surface area contributed by atoms with Crippen LogP contribution in [0.15, 0.2) is 48.5 Å². The van der Waals surface area contributed by atoms with Crippen LogP contribution in [-0.2, 0) is 11.3 Å². The molecule has 23 heavy (non-hydrogen) atoms. The molecule has 0 aliphatic carbocycles. The van der Waals surface area contributed by atoms with Gasteiger partial charge in [-0.1, -0.05) is 24.3 Å². The Morgan fingerprint density at radius 1 is 1.09 bits per heavy atom. The molecule has 2 rings (SSSR count). The van der Waals surface area contributed by atoms with E-state index in [-0.39, 0.29) is 23.6 Å². The summed E-state index contributed by atoms with van der Waals surface area (Å²) in [5, 5.41) is 10.5. The van der Waals surface area contributed by atoms with Gasteiger partial charge in [-0.3, -0.25) is 14.9 Å². The lowest BCUT2D eigenvalue weighted by atomic mass is 10.2. The highest BCUT2D eigenvalue weighted by Gasteiger charge is 2.16. The van der Waals surface area contributed by atoms with E-state index in [1.54, 1.807) is 24.3 Å². The molecule has 0 spiro atoms. The molecule has 0 saturated heterocycles. The normalized spacial score (nSPS) is 9.96. The van der Waals surface area contributed by atoms with Crippen molar-refractivity contribution in [3.05, 3.63) is 69.8 Å². The van der Waals surface area contributed by atoms with Crippen molar-refractivity contribution in [2.45, 2.75) is 13.5 Å². The summed E-state index contributed by atoms with van der Waals surface area (Å²) in [5.74, 6) is -1.02. The number of rotatable bonds is 5. The summed E-state index contributed by atoms with van der Waals surface area (Å²) >= 11 is 0. The lowest BCUT2D eigenvalue weighted by Crippen LogP contribution is -2.12. The third-order valence-corrected chi connectivity index (χ3v) is 2.78. The first-order chi connectivity index (χ1) is 11.0. The Morgan fingerprint density at radius 2 is 1.83 bits per heavy atom. The lowest BCUT2D eigenvalue weighted by Gasteiger charge is -2.09. The van der Waals surface area contributed by atoms with E-state index in [0.29, 0.717) is 5.56 Å². The van der Waals surface area contributed by atoms with Crippen LogP contribution in [0, 0.1) is 10.1 Å². The first kappa shape index (κ1) is 16.2. The van der Waals surface area contributed by atoms with Gasteiger partial charge in [-0.05, 0) is 24.3 Å². The minimum absolute atomic E-state index is 0.0855. The van der Waals surface area contributed by atoms with E-state index in [1.165, 1.54) is 31.2 Å². The minimum Gasteiger partial charge on any atom is -0.426 e. The first-order valence-corrected chi connectivity index (χ1v) is 6.66. The molecule has 2 aromatic rings. The fourth-order valence-electron chi connectivity index (χ4n) is 1.90. The Labute approximate surface area is 131 Å². The van der Waals surface area contributed by atoms with Gasteiger partial charge in [-0.25, -0.2) is 4.79 Å². The number of hydrogen-bond donors (Lipinski definition) is 0. The van der Waals surface area contributed by atoms with Crippen LogP contribution in [0.3, 0.4) is 0 Å². The summed E-state index contributed by atoms with van der Waals surface area (Å²) in [6.07, 6.45) is 0. The predicted octanol–water partition coefficient (Wildman–Crippen LogP) is 2.61. The molecule has 0 amide bonds. The van der Waals surface area contributed by atoms with Gasteiger partial charge in [0, 0.05) is 17.4 Å². The second kappa shape index (κ2) is 7.17. The molecule has 0 fully saturated rings. The van der Waals surface area contributed by atoms with Crippen LogP contribution in [0.1, 0.15) is 22.8 Å². The summed E-state index contributed by atoms with van der Waals surface area (Å²) in [7, 11) is 0. The van der Waals surface area contributed by atoms with Gasteiger partial charge in [0.2, 0.25) is 6.54 Å². The van der Waals surface area contributed by atoms with Crippen LogP contribution in [0.5, 0.6) is 11.5 Å². The standard InChI is InChI=1S/C16H13NO6/c1-11(18)22-15-8-3-2-7-14(15)16(19)23-13-6-4-5-12(9-13)10-17(20)21/h2-9H,10H2,1H3. The molecular weight excluding hydrogens is 302 g/mol. The molecule has 0 aliphatic heterocycles. The molecule has 0 aromatic heterocycles. The van der Waals surface area contributed by atoms with Crippen LogP contribution in [0.2, 0.25) is 0 Å².